The van der Waals surface area contributed by atoms with Crippen molar-refractivity contribution in [3.8, 4) is 22.4 Å². The molecule has 0 fully saturated rings. The van der Waals surface area contributed by atoms with E-state index in [9.17, 15) is 4.39 Å². The van der Waals surface area contributed by atoms with Gasteiger partial charge in [0.25, 0.3) is 0 Å². The van der Waals surface area contributed by atoms with Crippen molar-refractivity contribution >= 4 is 16.6 Å². The number of rotatable bonds is 2. The van der Waals surface area contributed by atoms with E-state index in [1.165, 1.54) is 17.5 Å². The topological polar surface area (TPSA) is 33.1 Å². The molecule has 5 rings (SSSR count). The highest BCUT2D eigenvalue weighted by Crippen LogP contribution is 2.27. The molecule has 0 unspecified atom stereocenters. The number of benzene rings is 2. The fourth-order valence-electron chi connectivity index (χ4n) is 3.22. The first-order valence-electron chi connectivity index (χ1n) is 8.08. The van der Waals surface area contributed by atoms with Crippen LogP contribution in [0.5, 0.6) is 0 Å². The lowest BCUT2D eigenvalue weighted by Gasteiger charge is -2.05. The zero-order chi connectivity index (χ0) is 16.8. The minimum Gasteiger partial charge on any atom is -0.361 e. The van der Waals surface area contributed by atoms with Crippen LogP contribution in [-0.4, -0.2) is 14.4 Å². The highest BCUT2D eigenvalue weighted by molar-refractivity contribution is 5.84. The van der Waals surface area contributed by atoms with E-state index in [2.05, 4.69) is 38.6 Å². The molecule has 0 aliphatic rings. The fourth-order valence-corrected chi connectivity index (χ4v) is 3.22. The van der Waals surface area contributed by atoms with Crippen LogP contribution >= 0.6 is 0 Å². The van der Waals surface area contributed by atoms with Gasteiger partial charge >= 0.3 is 0 Å². The van der Waals surface area contributed by atoms with Gasteiger partial charge in [0, 0.05) is 23.5 Å². The van der Waals surface area contributed by atoms with Crippen molar-refractivity contribution in [2.24, 2.45) is 0 Å². The van der Waals surface area contributed by atoms with Gasteiger partial charge in [0.1, 0.15) is 11.5 Å². The van der Waals surface area contributed by atoms with E-state index >= 15 is 0 Å². The summed E-state index contributed by atoms with van der Waals surface area (Å²) < 4.78 is 15.2. The molecule has 0 spiro atoms. The minimum atomic E-state index is -0.229. The molecule has 0 aliphatic carbocycles. The molecule has 0 aliphatic heterocycles. The molecular weight excluding hydrogens is 313 g/mol. The summed E-state index contributed by atoms with van der Waals surface area (Å²) >= 11 is 0. The average molecular weight is 327 g/mol. The van der Waals surface area contributed by atoms with Gasteiger partial charge in [0.15, 0.2) is 0 Å². The first-order chi connectivity index (χ1) is 12.3. The summed E-state index contributed by atoms with van der Waals surface area (Å²) in [5.74, 6) is -0.229. The fraction of sp³-hybridized carbons (Fsp3) is 0. The van der Waals surface area contributed by atoms with E-state index in [1.54, 1.807) is 12.1 Å². The molecule has 1 N–H and O–H groups in total. The Hall–Kier alpha value is -3.40. The van der Waals surface area contributed by atoms with Crippen LogP contribution < -0.4 is 0 Å². The Balaban J connectivity index is 1.62. The third-order valence-corrected chi connectivity index (χ3v) is 4.54. The summed E-state index contributed by atoms with van der Waals surface area (Å²) in [6, 6.07) is 19.0. The Morgan fingerprint density at radius 1 is 0.840 bits per heavy atom. The SMILES string of the molecule is Fc1ccc(-c2ccn3c(-c4ccc5cc[nH]c5c4)cnc3c2)cc1. The first kappa shape index (κ1) is 14.0. The molecule has 0 bridgehead atoms. The number of hydrogen-bond acceptors (Lipinski definition) is 1. The van der Waals surface area contributed by atoms with Gasteiger partial charge in [-0.1, -0.05) is 24.3 Å². The number of nitrogens with zero attached hydrogens (tertiary/aromatic N) is 2. The summed E-state index contributed by atoms with van der Waals surface area (Å²) in [6.07, 6.45) is 5.83. The van der Waals surface area contributed by atoms with E-state index in [4.69, 9.17) is 0 Å². The zero-order valence-electron chi connectivity index (χ0n) is 13.3. The van der Waals surface area contributed by atoms with Gasteiger partial charge in [-0.25, -0.2) is 9.37 Å². The molecule has 3 heterocycles. The highest BCUT2D eigenvalue weighted by atomic mass is 19.1. The van der Waals surface area contributed by atoms with Crippen molar-refractivity contribution in [2.45, 2.75) is 0 Å². The smallest absolute Gasteiger partial charge is 0.137 e. The Bertz CT molecular complexity index is 1200. The predicted octanol–water partition coefficient (Wildman–Crippen LogP) is 5.29. The lowest BCUT2D eigenvalue weighted by molar-refractivity contribution is 0.628. The van der Waals surface area contributed by atoms with Gasteiger partial charge in [-0.15, -0.1) is 0 Å². The second kappa shape index (κ2) is 5.31. The number of imidazole rings is 1. The van der Waals surface area contributed by atoms with Crippen LogP contribution in [-0.2, 0) is 0 Å². The third-order valence-electron chi connectivity index (χ3n) is 4.54. The first-order valence-corrected chi connectivity index (χ1v) is 8.08. The van der Waals surface area contributed by atoms with Crippen molar-refractivity contribution in [1.82, 2.24) is 14.4 Å². The second-order valence-electron chi connectivity index (χ2n) is 6.07. The van der Waals surface area contributed by atoms with Gasteiger partial charge in [-0.05, 0) is 52.9 Å². The normalized spacial score (nSPS) is 11.4. The predicted molar refractivity (Wildman–Crippen MR) is 97.9 cm³/mol. The monoisotopic (exact) mass is 327 g/mol. The third kappa shape index (κ3) is 2.31. The summed E-state index contributed by atoms with van der Waals surface area (Å²) in [5, 5.41) is 1.19. The van der Waals surface area contributed by atoms with Gasteiger partial charge in [-0.2, -0.15) is 0 Å². The molecule has 3 aromatic heterocycles. The largest absolute Gasteiger partial charge is 0.361 e. The number of halogens is 1. The van der Waals surface area contributed by atoms with Gasteiger partial charge < -0.3 is 4.98 Å². The molecule has 5 aromatic rings. The van der Waals surface area contributed by atoms with Gasteiger partial charge in [0.05, 0.1) is 11.9 Å². The molecular formula is C21H14FN3. The summed E-state index contributed by atoms with van der Waals surface area (Å²) in [5.41, 5.74) is 6.11. The van der Waals surface area contributed by atoms with Crippen LogP contribution in [0.1, 0.15) is 0 Å². The summed E-state index contributed by atoms with van der Waals surface area (Å²) in [6.45, 7) is 0. The van der Waals surface area contributed by atoms with Crippen molar-refractivity contribution < 1.29 is 4.39 Å². The van der Waals surface area contributed by atoms with Gasteiger partial charge in [-0.3, -0.25) is 4.40 Å². The van der Waals surface area contributed by atoms with Crippen LogP contribution in [0, 0.1) is 5.82 Å². The standard InChI is InChI=1S/C21H14FN3/c22-18-5-3-14(4-6-18)16-8-10-25-20(13-24-21(25)12-16)17-2-1-15-7-9-23-19(15)11-17/h1-13,23H. The Morgan fingerprint density at radius 3 is 2.56 bits per heavy atom. The molecule has 3 nitrogen and oxygen atoms in total. The maximum Gasteiger partial charge on any atom is 0.137 e. The molecule has 0 radical (unpaired) electrons. The number of aromatic amines is 1. The zero-order valence-corrected chi connectivity index (χ0v) is 13.3. The number of hydrogen-bond donors (Lipinski definition) is 1. The lowest BCUT2D eigenvalue weighted by Crippen LogP contribution is -1.89. The van der Waals surface area contributed by atoms with E-state index in [0.717, 1.165) is 33.5 Å². The second-order valence-corrected chi connectivity index (χ2v) is 6.07. The Morgan fingerprint density at radius 2 is 1.68 bits per heavy atom. The average Bonchev–Trinajstić information content (AvgIpc) is 3.27. The number of fused-ring (bicyclic) bond motifs is 2. The van der Waals surface area contributed by atoms with E-state index in [-0.39, 0.29) is 5.82 Å². The van der Waals surface area contributed by atoms with Crippen LogP contribution in [0.4, 0.5) is 4.39 Å². The van der Waals surface area contributed by atoms with Crippen molar-refractivity contribution in [3.05, 3.63) is 85.1 Å². The molecule has 0 atom stereocenters. The van der Waals surface area contributed by atoms with Crippen molar-refractivity contribution in [2.75, 3.05) is 0 Å². The molecule has 0 saturated carbocycles. The molecule has 2 aromatic carbocycles. The van der Waals surface area contributed by atoms with E-state index in [0.29, 0.717) is 0 Å². The Kier molecular flexibility index (Phi) is 2.97. The Labute approximate surface area is 143 Å². The van der Waals surface area contributed by atoms with Gasteiger partial charge in [0.2, 0.25) is 0 Å². The van der Waals surface area contributed by atoms with Crippen LogP contribution in [0.3, 0.4) is 0 Å². The minimum absolute atomic E-state index is 0.229. The molecule has 4 heteroatoms. The van der Waals surface area contributed by atoms with Crippen LogP contribution in [0.15, 0.2) is 79.3 Å². The maximum absolute atomic E-state index is 13.1. The number of nitrogens with one attached hydrogen (secondary N) is 1. The van der Waals surface area contributed by atoms with E-state index in [1.807, 2.05) is 30.7 Å². The number of H-pyrrole nitrogens is 1. The molecule has 0 saturated heterocycles. The van der Waals surface area contributed by atoms with Crippen molar-refractivity contribution in [1.29, 1.82) is 0 Å². The molecule has 120 valence electrons. The van der Waals surface area contributed by atoms with Crippen LogP contribution in [0.2, 0.25) is 0 Å². The maximum atomic E-state index is 13.1. The summed E-state index contributed by atoms with van der Waals surface area (Å²) in [7, 11) is 0. The number of pyridine rings is 1. The quantitative estimate of drug-likeness (QED) is 0.469. The summed E-state index contributed by atoms with van der Waals surface area (Å²) in [4.78, 5) is 7.79. The highest BCUT2D eigenvalue weighted by Gasteiger charge is 2.08. The number of aromatic nitrogens is 3. The van der Waals surface area contributed by atoms with E-state index < -0.39 is 0 Å². The molecule has 0 amide bonds. The van der Waals surface area contributed by atoms with Crippen LogP contribution in [0.25, 0.3) is 38.9 Å². The molecule has 25 heavy (non-hydrogen) atoms. The lowest BCUT2D eigenvalue weighted by atomic mass is 10.1. The van der Waals surface area contributed by atoms with Crippen molar-refractivity contribution in [3.63, 3.8) is 0 Å².